The monoisotopic (exact) mass is 291 g/mol. The molecule has 0 radical (unpaired) electrons. The maximum atomic E-state index is 6.14. The number of hydrogen-bond acceptors (Lipinski definition) is 2. The zero-order chi connectivity index (χ0) is 14.9. The molecule has 0 spiro atoms. The van der Waals surface area contributed by atoms with E-state index in [0.717, 1.165) is 19.7 Å². The zero-order valence-electron chi connectivity index (χ0n) is 12.9. The van der Waals surface area contributed by atoms with Gasteiger partial charge in [0.05, 0.1) is 12.7 Å². The van der Waals surface area contributed by atoms with E-state index in [9.17, 15) is 0 Å². The fourth-order valence-corrected chi connectivity index (χ4v) is 3.69. The lowest BCUT2D eigenvalue weighted by molar-refractivity contribution is 0.0186. The highest BCUT2D eigenvalue weighted by atomic mass is 16.5. The van der Waals surface area contributed by atoms with Gasteiger partial charge in [-0.15, -0.1) is 0 Å². The second kappa shape index (κ2) is 5.71. The Bertz CT molecular complexity index is 713. The third-order valence-corrected chi connectivity index (χ3v) is 4.78. The Hall–Kier alpha value is -1.90. The van der Waals surface area contributed by atoms with Crippen LogP contribution in [0.15, 0.2) is 42.5 Å². The first kappa shape index (κ1) is 13.7. The quantitative estimate of drug-likeness (QED) is 0.867. The highest BCUT2D eigenvalue weighted by Crippen LogP contribution is 2.39. The van der Waals surface area contributed by atoms with Crippen molar-refractivity contribution in [2.24, 2.45) is 0 Å². The first-order chi connectivity index (χ1) is 10.8. The van der Waals surface area contributed by atoms with E-state index in [1.54, 1.807) is 0 Å². The fraction of sp³-hybridized carbons (Fsp3) is 0.300. The Morgan fingerprint density at radius 1 is 1.00 bits per heavy atom. The zero-order valence-corrected chi connectivity index (χ0v) is 12.9. The Morgan fingerprint density at radius 3 is 2.73 bits per heavy atom. The maximum Gasteiger partial charge on any atom is 0.0809 e. The van der Waals surface area contributed by atoms with E-state index in [1.165, 1.54) is 27.8 Å². The van der Waals surface area contributed by atoms with Crippen molar-refractivity contribution >= 4 is 12.2 Å². The third-order valence-electron chi connectivity index (χ3n) is 4.78. The van der Waals surface area contributed by atoms with Crippen LogP contribution in [-0.4, -0.2) is 25.8 Å². The maximum absolute atomic E-state index is 6.14. The molecule has 2 heteroatoms. The lowest BCUT2D eigenvalue weighted by atomic mass is 9.82. The summed E-state index contributed by atoms with van der Waals surface area (Å²) in [5, 5.41) is 3.48. The SMILES string of the molecule is Cc1cccc2c1C=Cc1ccccc1C2C1CNCCO1. The number of morpholine rings is 1. The highest BCUT2D eigenvalue weighted by molar-refractivity contribution is 5.78. The molecule has 1 aliphatic heterocycles. The van der Waals surface area contributed by atoms with Crippen LogP contribution in [0.3, 0.4) is 0 Å². The normalized spacial score (nSPS) is 23.5. The van der Waals surface area contributed by atoms with Gasteiger partial charge in [-0.3, -0.25) is 0 Å². The molecule has 1 heterocycles. The van der Waals surface area contributed by atoms with Crippen LogP contribution in [0.5, 0.6) is 0 Å². The summed E-state index contributed by atoms with van der Waals surface area (Å²) in [6.45, 7) is 4.84. The van der Waals surface area contributed by atoms with Crippen LogP contribution in [0.2, 0.25) is 0 Å². The Morgan fingerprint density at radius 2 is 1.86 bits per heavy atom. The van der Waals surface area contributed by atoms with Crippen molar-refractivity contribution in [1.82, 2.24) is 5.32 Å². The van der Waals surface area contributed by atoms with Gasteiger partial charge in [-0.1, -0.05) is 54.6 Å². The third kappa shape index (κ3) is 2.29. The Balaban J connectivity index is 1.91. The second-order valence-corrected chi connectivity index (χ2v) is 6.13. The van der Waals surface area contributed by atoms with Crippen molar-refractivity contribution < 1.29 is 4.74 Å². The molecule has 2 aromatic carbocycles. The van der Waals surface area contributed by atoms with Crippen molar-refractivity contribution in [3.05, 3.63) is 70.3 Å². The molecular weight excluding hydrogens is 270 g/mol. The van der Waals surface area contributed by atoms with Crippen molar-refractivity contribution in [2.75, 3.05) is 19.7 Å². The van der Waals surface area contributed by atoms with Crippen LogP contribution in [0, 0.1) is 6.92 Å². The molecule has 1 aliphatic carbocycles. The van der Waals surface area contributed by atoms with Gasteiger partial charge < -0.3 is 10.1 Å². The molecular formula is C20H21NO. The number of hydrogen-bond donors (Lipinski definition) is 1. The molecule has 0 saturated carbocycles. The molecule has 0 aromatic heterocycles. The van der Waals surface area contributed by atoms with E-state index < -0.39 is 0 Å². The summed E-state index contributed by atoms with van der Waals surface area (Å²) in [6, 6.07) is 15.3. The Kier molecular flexibility index (Phi) is 3.57. The van der Waals surface area contributed by atoms with E-state index in [0.29, 0.717) is 0 Å². The van der Waals surface area contributed by atoms with E-state index in [1.807, 2.05) is 0 Å². The van der Waals surface area contributed by atoms with Gasteiger partial charge >= 0.3 is 0 Å². The van der Waals surface area contributed by atoms with Crippen molar-refractivity contribution in [3.63, 3.8) is 0 Å². The molecule has 2 unspecified atom stereocenters. The van der Waals surface area contributed by atoms with E-state index >= 15 is 0 Å². The van der Waals surface area contributed by atoms with Gasteiger partial charge in [0, 0.05) is 19.0 Å². The minimum absolute atomic E-state index is 0.190. The number of nitrogens with one attached hydrogen (secondary N) is 1. The number of ether oxygens (including phenoxy) is 1. The number of rotatable bonds is 1. The summed E-state index contributed by atoms with van der Waals surface area (Å²) in [6.07, 6.45) is 4.70. The van der Waals surface area contributed by atoms with Crippen LogP contribution in [0.1, 0.15) is 33.7 Å². The molecule has 2 aromatic rings. The van der Waals surface area contributed by atoms with Gasteiger partial charge in [-0.05, 0) is 34.7 Å². The van der Waals surface area contributed by atoms with Crippen LogP contribution < -0.4 is 5.32 Å². The molecule has 2 atom stereocenters. The summed E-state index contributed by atoms with van der Waals surface area (Å²) < 4.78 is 6.14. The molecule has 22 heavy (non-hydrogen) atoms. The highest BCUT2D eigenvalue weighted by Gasteiger charge is 2.31. The van der Waals surface area contributed by atoms with Gasteiger partial charge in [0.1, 0.15) is 0 Å². The van der Waals surface area contributed by atoms with Crippen molar-refractivity contribution in [1.29, 1.82) is 0 Å². The van der Waals surface area contributed by atoms with Gasteiger partial charge in [-0.2, -0.15) is 0 Å². The predicted octanol–water partition coefficient (Wildman–Crippen LogP) is 3.60. The average Bonchev–Trinajstić information content (AvgIpc) is 2.73. The number of fused-ring (bicyclic) bond motifs is 2. The van der Waals surface area contributed by atoms with Gasteiger partial charge in [0.15, 0.2) is 0 Å². The Labute approximate surface area is 131 Å². The van der Waals surface area contributed by atoms with Gasteiger partial charge in [0.25, 0.3) is 0 Å². The summed E-state index contributed by atoms with van der Waals surface area (Å²) >= 11 is 0. The lowest BCUT2D eigenvalue weighted by Gasteiger charge is -2.33. The summed E-state index contributed by atoms with van der Waals surface area (Å²) in [5.74, 6) is 0.286. The van der Waals surface area contributed by atoms with E-state index in [4.69, 9.17) is 4.74 Å². The first-order valence-corrected chi connectivity index (χ1v) is 8.03. The summed E-state index contributed by atoms with van der Waals surface area (Å²) in [4.78, 5) is 0. The molecule has 1 N–H and O–H groups in total. The second-order valence-electron chi connectivity index (χ2n) is 6.13. The molecule has 1 fully saturated rings. The van der Waals surface area contributed by atoms with Crippen molar-refractivity contribution in [3.8, 4) is 0 Å². The van der Waals surface area contributed by atoms with E-state index in [2.05, 4.69) is 66.9 Å². The standard InChI is InChI=1S/C20H21NO/c1-14-5-4-8-18-16(14)10-9-15-6-2-3-7-17(15)20(18)19-13-21-11-12-22-19/h2-10,19-21H,11-13H2,1H3. The molecule has 1 saturated heterocycles. The minimum Gasteiger partial charge on any atom is -0.375 e. The summed E-state index contributed by atoms with van der Waals surface area (Å²) in [7, 11) is 0. The summed E-state index contributed by atoms with van der Waals surface area (Å²) in [5.41, 5.74) is 6.73. The number of aryl methyl sites for hydroxylation is 1. The van der Waals surface area contributed by atoms with Crippen LogP contribution in [0.25, 0.3) is 12.2 Å². The molecule has 4 rings (SSSR count). The molecule has 2 aliphatic rings. The van der Waals surface area contributed by atoms with Crippen LogP contribution in [0.4, 0.5) is 0 Å². The average molecular weight is 291 g/mol. The van der Waals surface area contributed by atoms with Crippen molar-refractivity contribution in [2.45, 2.75) is 18.9 Å². The molecule has 112 valence electrons. The van der Waals surface area contributed by atoms with Crippen LogP contribution >= 0.6 is 0 Å². The van der Waals surface area contributed by atoms with Gasteiger partial charge in [0.2, 0.25) is 0 Å². The van der Waals surface area contributed by atoms with Crippen LogP contribution in [-0.2, 0) is 4.74 Å². The largest absolute Gasteiger partial charge is 0.375 e. The molecule has 2 nitrogen and oxygen atoms in total. The topological polar surface area (TPSA) is 21.3 Å². The first-order valence-electron chi connectivity index (χ1n) is 8.03. The smallest absolute Gasteiger partial charge is 0.0809 e. The van der Waals surface area contributed by atoms with E-state index in [-0.39, 0.29) is 12.0 Å². The fourth-order valence-electron chi connectivity index (χ4n) is 3.69. The molecule has 0 bridgehead atoms. The molecule has 0 amide bonds. The number of benzene rings is 2. The van der Waals surface area contributed by atoms with Gasteiger partial charge in [-0.25, -0.2) is 0 Å². The minimum atomic E-state index is 0.190. The lowest BCUT2D eigenvalue weighted by Crippen LogP contribution is -2.42. The predicted molar refractivity (Wildman–Crippen MR) is 91.0 cm³/mol.